The van der Waals surface area contributed by atoms with Gasteiger partial charge in [-0.2, -0.15) is 4.98 Å². The van der Waals surface area contributed by atoms with Crippen molar-refractivity contribution in [3.63, 3.8) is 0 Å². The molecule has 0 saturated carbocycles. The minimum Gasteiger partial charge on any atom is -0.497 e. The highest BCUT2D eigenvalue weighted by atomic mass is 32.2. The number of hydrogen-bond acceptors (Lipinski definition) is 7. The molecule has 7 nitrogen and oxygen atoms in total. The van der Waals surface area contributed by atoms with Gasteiger partial charge in [0.05, 0.1) is 25.2 Å². The molecule has 0 bridgehead atoms. The van der Waals surface area contributed by atoms with Gasteiger partial charge in [0.25, 0.3) is 0 Å². The monoisotopic (exact) mass is 414 g/mol. The Balaban J connectivity index is 1.82. The number of morpholine rings is 1. The lowest BCUT2D eigenvalue weighted by molar-refractivity contribution is 0.120. The molecule has 1 aliphatic rings. The van der Waals surface area contributed by atoms with Gasteiger partial charge < -0.3 is 18.8 Å². The van der Waals surface area contributed by atoms with Crippen LogP contribution in [0.25, 0.3) is 11.5 Å². The van der Waals surface area contributed by atoms with Crippen LogP contribution in [-0.4, -0.2) is 46.8 Å². The molecule has 2 aromatic carbocycles. The Labute approximate surface area is 169 Å². The van der Waals surface area contributed by atoms with Gasteiger partial charge in [0.2, 0.25) is 26.6 Å². The van der Waals surface area contributed by atoms with Gasteiger partial charge in [-0.05, 0) is 43.3 Å². The number of aromatic nitrogens is 1. The zero-order valence-corrected chi connectivity index (χ0v) is 17.1. The van der Waals surface area contributed by atoms with E-state index in [1.807, 2.05) is 11.8 Å². The molecular formula is C21H22N2O5S. The summed E-state index contributed by atoms with van der Waals surface area (Å²) in [7, 11) is -2.26. The number of hydrogen-bond donors (Lipinski definition) is 0. The lowest BCUT2D eigenvalue weighted by atomic mass is 10.2. The average Bonchev–Trinajstić information content (AvgIpc) is 3.21. The van der Waals surface area contributed by atoms with Gasteiger partial charge in [0.15, 0.2) is 0 Å². The van der Waals surface area contributed by atoms with E-state index in [0.29, 0.717) is 37.6 Å². The van der Waals surface area contributed by atoms with E-state index in [9.17, 15) is 8.42 Å². The van der Waals surface area contributed by atoms with Crippen molar-refractivity contribution >= 4 is 15.7 Å². The second kappa shape index (κ2) is 7.88. The van der Waals surface area contributed by atoms with Crippen LogP contribution in [0.15, 0.2) is 62.9 Å². The maximum absolute atomic E-state index is 13.4. The molecule has 3 aromatic rings. The standard InChI is InChI=1S/C21H22N2O5S/c1-15-3-9-18(10-4-15)29(24,25)20-21(23-11-13-27-14-12-23)28-19(22-20)16-5-7-17(26-2)8-6-16/h3-10H,11-14H2,1-2H3. The van der Waals surface area contributed by atoms with Crippen LogP contribution in [-0.2, 0) is 14.6 Å². The molecule has 1 aliphatic heterocycles. The Bertz CT molecular complexity index is 1080. The van der Waals surface area contributed by atoms with Crippen molar-refractivity contribution in [1.82, 2.24) is 4.98 Å². The number of methoxy groups -OCH3 is 1. The van der Waals surface area contributed by atoms with Crippen molar-refractivity contribution in [2.75, 3.05) is 38.3 Å². The summed E-state index contributed by atoms with van der Waals surface area (Å²) in [5.41, 5.74) is 1.65. The van der Waals surface area contributed by atoms with Crippen LogP contribution >= 0.6 is 0 Å². The fraction of sp³-hybridized carbons (Fsp3) is 0.286. The summed E-state index contributed by atoms with van der Waals surface area (Å²) in [6.07, 6.45) is 0. The molecule has 0 amide bonds. The van der Waals surface area contributed by atoms with Gasteiger partial charge in [0, 0.05) is 18.7 Å². The minimum atomic E-state index is -3.85. The van der Waals surface area contributed by atoms with Gasteiger partial charge in [-0.25, -0.2) is 8.42 Å². The molecule has 0 N–H and O–H groups in total. The quantitative estimate of drug-likeness (QED) is 0.633. The van der Waals surface area contributed by atoms with Gasteiger partial charge in [-0.15, -0.1) is 0 Å². The van der Waals surface area contributed by atoms with Crippen LogP contribution in [0.5, 0.6) is 5.75 Å². The molecule has 152 valence electrons. The average molecular weight is 414 g/mol. The molecule has 2 heterocycles. The SMILES string of the molecule is COc1ccc(-c2nc(S(=O)(=O)c3ccc(C)cc3)c(N3CCOCC3)o2)cc1. The predicted octanol–water partition coefficient (Wildman–Crippen LogP) is 3.33. The molecule has 0 spiro atoms. The number of ether oxygens (including phenoxy) is 2. The van der Waals surface area contributed by atoms with Crippen LogP contribution in [0.1, 0.15) is 5.56 Å². The summed E-state index contributed by atoms with van der Waals surface area (Å²) in [5, 5.41) is -0.0749. The number of benzene rings is 2. The van der Waals surface area contributed by atoms with Gasteiger partial charge in [-0.1, -0.05) is 17.7 Å². The normalized spacial score (nSPS) is 14.8. The molecule has 0 radical (unpaired) electrons. The fourth-order valence-electron chi connectivity index (χ4n) is 3.13. The summed E-state index contributed by atoms with van der Waals surface area (Å²) >= 11 is 0. The van der Waals surface area contributed by atoms with E-state index in [0.717, 1.165) is 5.56 Å². The van der Waals surface area contributed by atoms with E-state index in [2.05, 4.69) is 4.98 Å². The van der Waals surface area contributed by atoms with Crippen LogP contribution in [0.4, 0.5) is 5.88 Å². The van der Waals surface area contributed by atoms with E-state index < -0.39 is 9.84 Å². The second-order valence-corrected chi connectivity index (χ2v) is 8.64. The first-order valence-electron chi connectivity index (χ1n) is 9.29. The van der Waals surface area contributed by atoms with E-state index in [4.69, 9.17) is 13.9 Å². The highest BCUT2D eigenvalue weighted by molar-refractivity contribution is 7.91. The zero-order valence-electron chi connectivity index (χ0n) is 16.3. The Morgan fingerprint density at radius 1 is 1.00 bits per heavy atom. The fourth-order valence-corrected chi connectivity index (χ4v) is 4.45. The molecule has 4 rings (SSSR count). The molecule has 0 unspecified atom stereocenters. The Morgan fingerprint density at radius 2 is 1.66 bits per heavy atom. The smallest absolute Gasteiger partial charge is 0.236 e. The van der Waals surface area contributed by atoms with Crippen molar-refractivity contribution in [2.24, 2.45) is 0 Å². The summed E-state index contributed by atoms with van der Waals surface area (Å²) in [4.78, 5) is 6.46. The summed E-state index contributed by atoms with van der Waals surface area (Å²) < 4.78 is 43.3. The molecule has 8 heteroatoms. The minimum absolute atomic E-state index is 0.0749. The Hall–Kier alpha value is -2.84. The highest BCUT2D eigenvalue weighted by Gasteiger charge is 2.32. The number of oxazole rings is 1. The summed E-state index contributed by atoms with van der Waals surface area (Å²) in [6, 6.07) is 13.9. The van der Waals surface area contributed by atoms with Crippen molar-refractivity contribution < 1.29 is 22.3 Å². The van der Waals surface area contributed by atoms with Gasteiger partial charge >= 0.3 is 0 Å². The molecule has 1 aromatic heterocycles. The zero-order chi connectivity index (χ0) is 20.4. The van der Waals surface area contributed by atoms with Crippen LogP contribution < -0.4 is 9.64 Å². The van der Waals surface area contributed by atoms with Crippen LogP contribution in [0, 0.1) is 6.92 Å². The van der Waals surface area contributed by atoms with Gasteiger partial charge in [0.1, 0.15) is 5.75 Å². The number of sulfone groups is 1. The van der Waals surface area contributed by atoms with E-state index in [-0.39, 0.29) is 21.7 Å². The van der Waals surface area contributed by atoms with Crippen molar-refractivity contribution in [3.05, 3.63) is 54.1 Å². The second-order valence-electron chi connectivity index (χ2n) is 6.77. The number of nitrogens with zero attached hydrogens (tertiary/aromatic N) is 2. The first-order chi connectivity index (χ1) is 14.0. The van der Waals surface area contributed by atoms with Crippen LogP contribution in [0.2, 0.25) is 0 Å². The van der Waals surface area contributed by atoms with E-state index in [1.54, 1.807) is 55.6 Å². The Kier molecular flexibility index (Phi) is 5.29. The maximum Gasteiger partial charge on any atom is 0.236 e. The molecular weight excluding hydrogens is 392 g/mol. The summed E-state index contributed by atoms with van der Waals surface area (Å²) in [6.45, 7) is 3.99. The third kappa shape index (κ3) is 3.86. The lowest BCUT2D eigenvalue weighted by Crippen LogP contribution is -2.36. The molecule has 0 aliphatic carbocycles. The molecule has 1 fully saturated rings. The highest BCUT2D eigenvalue weighted by Crippen LogP contribution is 2.35. The first-order valence-corrected chi connectivity index (χ1v) is 10.8. The largest absolute Gasteiger partial charge is 0.497 e. The molecule has 1 saturated heterocycles. The lowest BCUT2D eigenvalue weighted by Gasteiger charge is -2.26. The number of aryl methyl sites for hydroxylation is 1. The molecule has 29 heavy (non-hydrogen) atoms. The third-order valence-corrected chi connectivity index (χ3v) is 6.47. The van der Waals surface area contributed by atoms with Crippen molar-refractivity contribution in [1.29, 1.82) is 0 Å². The summed E-state index contributed by atoms with van der Waals surface area (Å²) in [5.74, 6) is 1.20. The maximum atomic E-state index is 13.4. The van der Waals surface area contributed by atoms with Crippen molar-refractivity contribution in [2.45, 2.75) is 16.8 Å². The van der Waals surface area contributed by atoms with Gasteiger partial charge in [-0.3, -0.25) is 0 Å². The predicted molar refractivity (Wildman–Crippen MR) is 108 cm³/mol. The first kappa shape index (κ1) is 19.5. The van der Waals surface area contributed by atoms with E-state index in [1.165, 1.54) is 0 Å². The topological polar surface area (TPSA) is 81.9 Å². The number of anilines is 1. The molecule has 0 atom stereocenters. The van der Waals surface area contributed by atoms with E-state index >= 15 is 0 Å². The Morgan fingerprint density at radius 3 is 2.28 bits per heavy atom. The third-order valence-electron chi connectivity index (χ3n) is 4.80. The van der Waals surface area contributed by atoms with Crippen molar-refractivity contribution in [3.8, 4) is 17.2 Å². The number of rotatable bonds is 5. The van der Waals surface area contributed by atoms with Crippen LogP contribution in [0.3, 0.4) is 0 Å².